The predicted octanol–water partition coefficient (Wildman–Crippen LogP) is 1.01. The van der Waals surface area contributed by atoms with Crippen molar-refractivity contribution in [3.8, 4) is 0 Å². The second kappa shape index (κ2) is 4.47. The molecule has 16 heavy (non-hydrogen) atoms. The first-order chi connectivity index (χ1) is 7.36. The zero-order chi connectivity index (χ0) is 12.5. The highest BCUT2D eigenvalue weighted by molar-refractivity contribution is 6.28. The van der Waals surface area contributed by atoms with Gasteiger partial charge in [0.05, 0.1) is 0 Å². The topological polar surface area (TPSA) is 57.7 Å². The average Bonchev–Trinajstić information content (AvgIpc) is 2.23. The molecule has 1 heterocycles. The molecule has 1 saturated heterocycles. The van der Waals surface area contributed by atoms with Crippen molar-refractivity contribution in [3.63, 3.8) is 0 Å². The van der Waals surface area contributed by atoms with E-state index >= 15 is 0 Å². The summed E-state index contributed by atoms with van der Waals surface area (Å²) in [6.07, 6.45) is 2.25. The van der Waals surface area contributed by atoms with Crippen molar-refractivity contribution >= 4 is 17.8 Å². The Morgan fingerprint density at radius 2 is 1.50 bits per heavy atom. The second-order valence-electron chi connectivity index (χ2n) is 4.26. The summed E-state index contributed by atoms with van der Waals surface area (Å²) in [5.41, 5.74) is 0.0818. The normalized spacial score (nSPS) is 17.6. The maximum Gasteiger partial charge on any atom is 0.333 e. The quantitative estimate of drug-likeness (QED) is 0.519. The number of nitrogens with zero attached hydrogens (tertiary/aromatic N) is 2. The van der Waals surface area contributed by atoms with E-state index < -0.39 is 17.8 Å². The molecule has 1 aliphatic rings. The van der Waals surface area contributed by atoms with Gasteiger partial charge < -0.3 is 0 Å². The Morgan fingerprint density at radius 1 is 1.06 bits per heavy atom. The number of allylic oxidation sites excluding steroid dienone is 1. The van der Waals surface area contributed by atoms with Gasteiger partial charge in [-0.15, -0.1) is 0 Å². The second-order valence-corrected chi connectivity index (χ2v) is 4.26. The number of hydrogen-bond donors (Lipinski definition) is 0. The molecule has 0 saturated carbocycles. The van der Waals surface area contributed by atoms with Gasteiger partial charge in [0, 0.05) is 14.1 Å². The standard InChI is InChI=1S/C11H16N2O3/c1-7(2)5-6-8-9(14)12(3)11(16)13(4)10(8)15/h6-7H,5H2,1-4H3. The van der Waals surface area contributed by atoms with Crippen LogP contribution in [0.1, 0.15) is 20.3 Å². The van der Waals surface area contributed by atoms with E-state index in [1.165, 1.54) is 14.1 Å². The molecular formula is C11H16N2O3. The van der Waals surface area contributed by atoms with E-state index in [1.54, 1.807) is 6.08 Å². The zero-order valence-electron chi connectivity index (χ0n) is 9.98. The lowest BCUT2D eigenvalue weighted by atomic mass is 10.1. The van der Waals surface area contributed by atoms with Gasteiger partial charge in [-0.25, -0.2) is 4.79 Å². The van der Waals surface area contributed by atoms with Crippen LogP contribution in [0.15, 0.2) is 11.6 Å². The van der Waals surface area contributed by atoms with Crippen LogP contribution in [0.5, 0.6) is 0 Å². The van der Waals surface area contributed by atoms with Gasteiger partial charge in [0.1, 0.15) is 5.57 Å². The van der Waals surface area contributed by atoms with Crippen molar-refractivity contribution in [2.24, 2.45) is 5.92 Å². The molecule has 1 aliphatic heterocycles. The van der Waals surface area contributed by atoms with Crippen LogP contribution in [-0.2, 0) is 9.59 Å². The van der Waals surface area contributed by atoms with Crippen LogP contribution < -0.4 is 0 Å². The maximum absolute atomic E-state index is 11.7. The van der Waals surface area contributed by atoms with Crippen molar-refractivity contribution in [2.75, 3.05) is 14.1 Å². The monoisotopic (exact) mass is 224 g/mol. The van der Waals surface area contributed by atoms with Gasteiger partial charge in [-0.05, 0) is 12.3 Å². The van der Waals surface area contributed by atoms with Gasteiger partial charge in [0.15, 0.2) is 0 Å². The lowest BCUT2D eigenvalue weighted by Gasteiger charge is -2.29. The molecule has 0 atom stereocenters. The van der Waals surface area contributed by atoms with E-state index in [9.17, 15) is 14.4 Å². The van der Waals surface area contributed by atoms with Crippen molar-refractivity contribution in [1.29, 1.82) is 0 Å². The number of imide groups is 2. The number of likely N-dealkylation sites (N-methyl/N-ethyl adjacent to an activating group) is 2. The van der Waals surface area contributed by atoms with Gasteiger partial charge in [0.2, 0.25) is 0 Å². The highest BCUT2D eigenvalue weighted by Gasteiger charge is 2.37. The summed E-state index contributed by atoms with van der Waals surface area (Å²) in [4.78, 5) is 36.7. The first-order valence-corrected chi connectivity index (χ1v) is 5.16. The van der Waals surface area contributed by atoms with Crippen LogP contribution in [0.25, 0.3) is 0 Å². The molecule has 0 unspecified atom stereocenters. The van der Waals surface area contributed by atoms with Crippen molar-refractivity contribution in [1.82, 2.24) is 9.80 Å². The van der Waals surface area contributed by atoms with Gasteiger partial charge >= 0.3 is 6.03 Å². The van der Waals surface area contributed by atoms with Crippen molar-refractivity contribution in [2.45, 2.75) is 20.3 Å². The van der Waals surface area contributed by atoms with Crippen LogP contribution in [0, 0.1) is 5.92 Å². The fourth-order valence-corrected chi connectivity index (χ4v) is 1.38. The summed E-state index contributed by atoms with van der Waals surface area (Å²) >= 11 is 0. The van der Waals surface area contributed by atoms with E-state index in [0.717, 1.165) is 9.80 Å². The molecular weight excluding hydrogens is 208 g/mol. The predicted molar refractivity (Wildman–Crippen MR) is 58.5 cm³/mol. The van der Waals surface area contributed by atoms with Gasteiger partial charge in [-0.2, -0.15) is 0 Å². The van der Waals surface area contributed by atoms with Crippen LogP contribution in [-0.4, -0.2) is 41.7 Å². The Balaban J connectivity index is 3.00. The lowest BCUT2D eigenvalue weighted by Crippen LogP contribution is -2.53. The molecule has 0 bridgehead atoms. The Bertz CT molecular complexity index is 345. The summed E-state index contributed by atoms with van der Waals surface area (Å²) in [6, 6.07) is -0.586. The van der Waals surface area contributed by atoms with E-state index in [2.05, 4.69) is 0 Å². The number of amides is 4. The molecule has 88 valence electrons. The SMILES string of the molecule is CC(C)CC=C1C(=O)N(C)C(=O)N(C)C1=O. The van der Waals surface area contributed by atoms with Crippen LogP contribution >= 0.6 is 0 Å². The number of barbiturate groups is 1. The van der Waals surface area contributed by atoms with Gasteiger partial charge in [-0.3, -0.25) is 19.4 Å². The smallest absolute Gasteiger partial charge is 0.268 e. The third-order valence-electron chi connectivity index (χ3n) is 2.44. The molecule has 4 amide bonds. The van der Waals surface area contributed by atoms with Gasteiger partial charge in [-0.1, -0.05) is 19.9 Å². The highest BCUT2D eigenvalue weighted by Crippen LogP contribution is 2.16. The van der Waals surface area contributed by atoms with Crippen LogP contribution in [0.4, 0.5) is 4.79 Å². The number of hydrogen-bond acceptors (Lipinski definition) is 3. The Kier molecular flexibility index (Phi) is 3.47. The van der Waals surface area contributed by atoms with Crippen molar-refractivity contribution in [3.05, 3.63) is 11.6 Å². The van der Waals surface area contributed by atoms with E-state index in [4.69, 9.17) is 0 Å². The molecule has 0 aliphatic carbocycles. The van der Waals surface area contributed by atoms with Crippen LogP contribution in [0.2, 0.25) is 0 Å². The number of urea groups is 1. The first kappa shape index (κ1) is 12.4. The minimum atomic E-state index is -0.586. The zero-order valence-corrected chi connectivity index (χ0v) is 9.98. The molecule has 0 spiro atoms. The fraction of sp³-hybridized carbons (Fsp3) is 0.545. The molecule has 1 fully saturated rings. The number of rotatable bonds is 2. The summed E-state index contributed by atoms with van der Waals surface area (Å²) in [5, 5.41) is 0. The molecule has 0 aromatic heterocycles. The van der Waals surface area contributed by atoms with E-state index in [1.807, 2.05) is 13.8 Å². The summed E-state index contributed by atoms with van der Waals surface area (Å²) in [6.45, 7) is 3.99. The first-order valence-electron chi connectivity index (χ1n) is 5.16. The molecule has 0 aromatic rings. The van der Waals surface area contributed by atoms with E-state index in [0.29, 0.717) is 12.3 Å². The summed E-state index contributed by atoms with van der Waals surface area (Å²) < 4.78 is 0. The minimum absolute atomic E-state index is 0.0818. The Hall–Kier alpha value is -1.65. The summed E-state index contributed by atoms with van der Waals surface area (Å²) in [7, 11) is 2.74. The molecule has 0 N–H and O–H groups in total. The molecule has 0 aromatic carbocycles. The minimum Gasteiger partial charge on any atom is -0.268 e. The summed E-state index contributed by atoms with van der Waals surface area (Å²) in [5.74, 6) is -0.677. The molecule has 1 rings (SSSR count). The molecule has 0 radical (unpaired) electrons. The number of carbonyl (C=O) groups is 3. The highest BCUT2D eigenvalue weighted by atomic mass is 16.2. The Morgan fingerprint density at radius 3 is 1.88 bits per heavy atom. The maximum atomic E-state index is 11.7. The largest absolute Gasteiger partial charge is 0.333 e. The van der Waals surface area contributed by atoms with Crippen molar-refractivity contribution < 1.29 is 14.4 Å². The van der Waals surface area contributed by atoms with Gasteiger partial charge in [0.25, 0.3) is 11.8 Å². The fourth-order valence-electron chi connectivity index (χ4n) is 1.38. The average molecular weight is 224 g/mol. The third-order valence-corrected chi connectivity index (χ3v) is 2.44. The number of carbonyl (C=O) groups excluding carboxylic acids is 3. The van der Waals surface area contributed by atoms with E-state index in [-0.39, 0.29) is 5.57 Å². The third kappa shape index (κ3) is 2.13. The van der Waals surface area contributed by atoms with Crippen LogP contribution in [0.3, 0.4) is 0 Å². The lowest BCUT2D eigenvalue weighted by molar-refractivity contribution is -0.134. The molecule has 5 nitrogen and oxygen atoms in total. The molecule has 5 heteroatoms. The Labute approximate surface area is 94.7 Å².